The molecule has 1 fully saturated rings. The van der Waals surface area contributed by atoms with Crippen LogP contribution in [-0.4, -0.2) is 38.6 Å². The highest BCUT2D eigenvalue weighted by Gasteiger charge is 2.52. The number of hydrogen-bond acceptors (Lipinski definition) is 5. The molecular formula is C19H32BNO5S. The summed E-state index contributed by atoms with van der Waals surface area (Å²) in [5, 5.41) is -0.533. The smallest absolute Gasteiger partial charge is 0.494 e. The molecule has 1 aliphatic rings. The van der Waals surface area contributed by atoms with E-state index in [4.69, 9.17) is 14.0 Å². The SMILES string of the molecule is CC(C)COc1ccc(NS(=O)(=O)C(C)C)cc1B1OC(C)(C)C(C)(C)O1. The molecule has 1 aromatic rings. The van der Waals surface area contributed by atoms with Crippen molar-refractivity contribution in [2.75, 3.05) is 11.3 Å². The third-order valence-corrected chi connectivity index (χ3v) is 6.73. The molecule has 1 aromatic carbocycles. The lowest BCUT2D eigenvalue weighted by Gasteiger charge is -2.32. The summed E-state index contributed by atoms with van der Waals surface area (Å²) >= 11 is 0. The predicted octanol–water partition coefficient (Wildman–Crippen LogP) is 3.17. The van der Waals surface area contributed by atoms with Crippen LogP contribution >= 0.6 is 0 Å². The molecule has 1 aliphatic heterocycles. The molecule has 0 aromatic heterocycles. The van der Waals surface area contributed by atoms with Crippen molar-refractivity contribution < 1.29 is 22.5 Å². The Balaban J connectivity index is 2.40. The molecule has 0 aliphatic carbocycles. The molecule has 0 amide bonds. The molecule has 0 spiro atoms. The van der Waals surface area contributed by atoms with Crippen LogP contribution in [0.5, 0.6) is 5.75 Å². The second kappa shape index (κ2) is 7.64. The van der Waals surface area contributed by atoms with Crippen LogP contribution in [0.1, 0.15) is 55.4 Å². The Kier molecular flexibility index (Phi) is 6.24. The maximum absolute atomic E-state index is 12.2. The van der Waals surface area contributed by atoms with Crippen LogP contribution in [0.15, 0.2) is 18.2 Å². The van der Waals surface area contributed by atoms with E-state index in [-0.39, 0.29) is 0 Å². The van der Waals surface area contributed by atoms with Crippen molar-refractivity contribution >= 4 is 28.3 Å². The molecule has 1 heterocycles. The fourth-order valence-corrected chi connectivity index (χ4v) is 3.13. The minimum absolute atomic E-state index is 0.357. The zero-order chi connectivity index (χ0) is 20.6. The summed E-state index contributed by atoms with van der Waals surface area (Å²) in [6.07, 6.45) is 0. The largest absolute Gasteiger partial charge is 0.498 e. The zero-order valence-corrected chi connectivity index (χ0v) is 18.4. The molecule has 152 valence electrons. The van der Waals surface area contributed by atoms with Crippen molar-refractivity contribution in [3.8, 4) is 5.75 Å². The van der Waals surface area contributed by atoms with E-state index < -0.39 is 33.6 Å². The number of hydrogen-bond donors (Lipinski definition) is 1. The highest BCUT2D eigenvalue weighted by Crippen LogP contribution is 2.37. The second-order valence-corrected chi connectivity index (χ2v) is 11.0. The molecule has 0 saturated carbocycles. The first-order chi connectivity index (χ1) is 12.2. The van der Waals surface area contributed by atoms with E-state index in [9.17, 15) is 8.42 Å². The van der Waals surface area contributed by atoms with Gasteiger partial charge in [-0.3, -0.25) is 4.72 Å². The van der Waals surface area contributed by atoms with E-state index in [1.54, 1.807) is 32.0 Å². The van der Waals surface area contributed by atoms with Gasteiger partial charge in [-0.05, 0) is 65.7 Å². The quantitative estimate of drug-likeness (QED) is 0.716. The van der Waals surface area contributed by atoms with E-state index in [2.05, 4.69) is 18.6 Å². The normalized spacial score (nSPS) is 19.0. The number of anilines is 1. The van der Waals surface area contributed by atoms with Crippen molar-refractivity contribution in [1.82, 2.24) is 0 Å². The summed E-state index contributed by atoms with van der Waals surface area (Å²) in [5.74, 6) is 0.991. The third-order valence-electron chi connectivity index (χ3n) is 4.97. The maximum Gasteiger partial charge on any atom is 0.498 e. The Bertz CT molecular complexity index is 758. The molecule has 8 heteroatoms. The lowest BCUT2D eigenvalue weighted by molar-refractivity contribution is 0.00578. The average Bonchev–Trinajstić information content (AvgIpc) is 2.73. The van der Waals surface area contributed by atoms with Gasteiger partial charge in [-0.1, -0.05) is 13.8 Å². The van der Waals surface area contributed by atoms with Gasteiger partial charge in [-0.15, -0.1) is 0 Å². The van der Waals surface area contributed by atoms with Crippen LogP contribution < -0.4 is 14.9 Å². The van der Waals surface area contributed by atoms with E-state index in [0.29, 0.717) is 29.4 Å². The Labute approximate surface area is 164 Å². The summed E-state index contributed by atoms with van der Waals surface area (Å²) < 4.78 is 45.3. The predicted molar refractivity (Wildman–Crippen MR) is 110 cm³/mol. The van der Waals surface area contributed by atoms with Gasteiger partial charge in [0.25, 0.3) is 0 Å². The van der Waals surface area contributed by atoms with Crippen molar-refractivity contribution in [2.24, 2.45) is 5.92 Å². The van der Waals surface area contributed by atoms with Gasteiger partial charge in [0, 0.05) is 11.2 Å². The topological polar surface area (TPSA) is 73.9 Å². The van der Waals surface area contributed by atoms with Crippen LogP contribution in [0.2, 0.25) is 0 Å². The summed E-state index contributed by atoms with van der Waals surface area (Å²) in [6.45, 7) is 15.9. The number of ether oxygens (including phenoxy) is 1. The first-order valence-corrected chi connectivity index (χ1v) is 10.9. The molecule has 1 N–H and O–H groups in total. The van der Waals surface area contributed by atoms with Crippen molar-refractivity contribution in [3.05, 3.63) is 18.2 Å². The highest BCUT2D eigenvalue weighted by molar-refractivity contribution is 7.93. The third kappa shape index (κ3) is 4.98. The van der Waals surface area contributed by atoms with Gasteiger partial charge in [0.1, 0.15) is 5.75 Å². The van der Waals surface area contributed by atoms with Crippen LogP contribution in [0.25, 0.3) is 0 Å². The molecule has 0 bridgehead atoms. The van der Waals surface area contributed by atoms with E-state index in [1.165, 1.54) is 0 Å². The molecule has 27 heavy (non-hydrogen) atoms. The summed E-state index contributed by atoms with van der Waals surface area (Å²) in [5.41, 5.74) is 0.143. The Hall–Kier alpha value is -1.25. The lowest BCUT2D eigenvalue weighted by atomic mass is 9.78. The fourth-order valence-electron chi connectivity index (χ4n) is 2.44. The number of rotatable bonds is 7. The molecule has 1 saturated heterocycles. The zero-order valence-electron chi connectivity index (χ0n) is 17.6. The van der Waals surface area contributed by atoms with E-state index in [1.807, 2.05) is 27.7 Å². The second-order valence-electron chi connectivity index (χ2n) is 8.74. The molecule has 0 unspecified atom stereocenters. The number of sulfonamides is 1. The standard InChI is InChI=1S/C19H32BNO5S/c1-13(2)12-24-17-10-9-15(21-27(22,23)14(3)4)11-16(17)20-25-18(5,6)19(7,8)26-20/h9-11,13-14,21H,12H2,1-8H3. The molecule has 2 rings (SSSR count). The van der Waals surface area contributed by atoms with Crippen LogP contribution in [-0.2, 0) is 19.3 Å². The monoisotopic (exact) mass is 397 g/mol. The van der Waals surface area contributed by atoms with Crippen molar-refractivity contribution in [1.29, 1.82) is 0 Å². The first kappa shape index (κ1) is 22.0. The maximum atomic E-state index is 12.2. The van der Waals surface area contributed by atoms with Crippen molar-refractivity contribution in [2.45, 2.75) is 71.8 Å². The Morgan fingerprint density at radius 1 is 1.07 bits per heavy atom. The summed E-state index contributed by atoms with van der Waals surface area (Å²) in [4.78, 5) is 0. The fraction of sp³-hybridized carbons (Fsp3) is 0.684. The van der Waals surface area contributed by atoms with Gasteiger partial charge in [0.05, 0.1) is 23.1 Å². The van der Waals surface area contributed by atoms with E-state index in [0.717, 1.165) is 0 Å². The van der Waals surface area contributed by atoms with Gasteiger partial charge in [-0.25, -0.2) is 8.42 Å². The van der Waals surface area contributed by atoms with Gasteiger partial charge in [0.15, 0.2) is 0 Å². The van der Waals surface area contributed by atoms with Gasteiger partial charge in [0.2, 0.25) is 10.0 Å². The minimum Gasteiger partial charge on any atom is -0.494 e. The molecular weight excluding hydrogens is 365 g/mol. The molecule has 6 nitrogen and oxygen atoms in total. The van der Waals surface area contributed by atoms with E-state index >= 15 is 0 Å². The Morgan fingerprint density at radius 3 is 2.11 bits per heavy atom. The lowest BCUT2D eigenvalue weighted by Crippen LogP contribution is -2.41. The number of nitrogens with one attached hydrogen (secondary N) is 1. The average molecular weight is 397 g/mol. The summed E-state index contributed by atoms with van der Waals surface area (Å²) in [7, 11) is -4.09. The van der Waals surface area contributed by atoms with Crippen molar-refractivity contribution in [3.63, 3.8) is 0 Å². The van der Waals surface area contributed by atoms with Crippen LogP contribution in [0.4, 0.5) is 5.69 Å². The highest BCUT2D eigenvalue weighted by atomic mass is 32.2. The minimum atomic E-state index is -3.45. The Morgan fingerprint density at radius 2 is 1.63 bits per heavy atom. The van der Waals surface area contributed by atoms with Crippen LogP contribution in [0, 0.1) is 5.92 Å². The van der Waals surface area contributed by atoms with Gasteiger partial charge >= 0.3 is 7.12 Å². The van der Waals surface area contributed by atoms with Gasteiger partial charge < -0.3 is 14.0 Å². The van der Waals surface area contributed by atoms with Crippen LogP contribution in [0.3, 0.4) is 0 Å². The molecule has 0 radical (unpaired) electrons. The van der Waals surface area contributed by atoms with Gasteiger partial charge in [-0.2, -0.15) is 0 Å². The summed E-state index contributed by atoms with van der Waals surface area (Å²) in [6, 6.07) is 5.20. The number of benzene rings is 1. The first-order valence-electron chi connectivity index (χ1n) is 9.39. The molecule has 0 atom stereocenters.